The molecule has 0 amide bonds. The standard InChI is InChI=1S/C13H20O2Si/c1-6-10-16(4,5)13-11(14-2)8-7-9-12(13)15-3/h6-9H,1,10H2,2-5H3. The van der Waals surface area contributed by atoms with E-state index in [2.05, 4.69) is 19.7 Å². The van der Waals surface area contributed by atoms with Gasteiger partial charge in [0.2, 0.25) is 0 Å². The third-order valence-electron chi connectivity index (χ3n) is 2.76. The van der Waals surface area contributed by atoms with Crippen LogP contribution in [0.5, 0.6) is 11.5 Å². The molecule has 0 aliphatic rings. The molecule has 2 nitrogen and oxygen atoms in total. The second kappa shape index (κ2) is 5.21. The number of rotatable bonds is 5. The van der Waals surface area contributed by atoms with Crippen LogP contribution < -0.4 is 14.7 Å². The number of methoxy groups -OCH3 is 2. The summed E-state index contributed by atoms with van der Waals surface area (Å²) >= 11 is 0. The van der Waals surface area contributed by atoms with Crippen molar-refractivity contribution in [2.45, 2.75) is 19.1 Å². The average Bonchev–Trinajstić information content (AvgIpc) is 2.27. The summed E-state index contributed by atoms with van der Waals surface area (Å²) in [6, 6.07) is 6.97. The molecule has 0 aromatic heterocycles. The van der Waals surface area contributed by atoms with Gasteiger partial charge >= 0.3 is 0 Å². The number of hydrogen-bond donors (Lipinski definition) is 0. The molecule has 1 rings (SSSR count). The maximum absolute atomic E-state index is 5.44. The monoisotopic (exact) mass is 236 g/mol. The fourth-order valence-electron chi connectivity index (χ4n) is 1.98. The van der Waals surface area contributed by atoms with Crippen LogP contribution in [-0.4, -0.2) is 22.3 Å². The normalized spacial score (nSPS) is 11.0. The summed E-state index contributed by atoms with van der Waals surface area (Å²) < 4.78 is 10.9. The highest BCUT2D eigenvalue weighted by Crippen LogP contribution is 2.24. The van der Waals surface area contributed by atoms with Crippen LogP contribution in [0.2, 0.25) is 19.1 Å². The quantitative estimate of drug-likeness (QED) is 0.578. The van der Waals surface area contributed by atoms with Crippen molar-refractivity contribution in [3.63, 3.8) is 0 Å². The van der Waals surface area contributed by atoms with Crippen molar-refractivity contribution in [1.82, 2.24) is 0 Å². The van der Waals surface area contributed by atoms with Gasteiger partial charge < -0.3 is 9.47 Å². The van der Waals surface area contributed by atoms with Gasteiger partial charge in [-0.05, 0) is 18.2 Å². The number of ether oxygens (including phenoxy) is 2. The second-order valence-electron chi connectivity index (χ2n) is 4.41. The maximum Gasteiger partial charge on any atom is 0.121 e. The minimum absolute atomic E-state index is 0.929. The Hall–Kier alpha value is -1.22. The van der Waals surface area contributed by atoms with E-state index in [1.54, 1.807) is 14.2 Å². The number of benzene rings is 1. The van der Waals surface area contributed by atoms with Gasteiger partial charge in [-0.2, -0.15) is 0 Å². The Morgan fingerprint density at radius 2 is 1.69 bits per heavy atom. The third-order valence-corrected chi connectivity index (χ3v) is 5.91. The minimum Gasteiger partial charge on any atom is -0.497 e. The molecule has 0 fully saturated rings. The van der Waals surface area contributed by atoms with Crippen molar-refractivity contribution in [2.75, 3.05) is 14.2 Å². The fourth-order valence-corrected chi connectivity index (χ4v) is 4.61. The predicted octanol–water partition coefficient (Wildman–Crippen LogP) is 2.81. The largest absolute Gasteiger partial charge is 0.497 e. The van der Waals surface area contributed by atoms with Crippen LogP contribution >= 0.6 is 0 Å². The van der Waals surface area contributed by atoms with Crippen molar-refractivity contribution in [2.24, 2.45) is 0 Å². The van der Waals surface area contributed by atoms with Crippen LogP contribution in [0.25, 0.3) is 0 Å². The molecule has 0 aliphatic heterocycles. The topological polar surface area (TPSA) is 18.5 Å². The van der Waals surface area contributed by atoms with Gasteiger partial charge in [-0.1, -0.05) is 25.2 Å². The molecule has 0 N–H and O–H groups in total. The van der Waals surface area contributed by atoms with E-state index in [1.165, 1.54) is 5.19 Å². The van der Waals surface area contributed by atoms with Crippen molar-refractivity contribution in [3.05, 3.63) is 30.9 Å². The second-order valence-corrected chi connectivity index (χ2v) is 9.09. The molecule has 1 aromatic carbocycles. The third kappa shape index (κ3) is 2.47. The number of hydrogen-bond acceptors (Lipinski definition) is 2. The van der Waals surface area contributed by atoms with Gasteiger partial charge in [0.25, 0.3) is 0 Å². The Balaban J connectivity index is 3.32. The van der Waals surface area contributed by atoms with Crippen LogP contribution in [0, 0.1) is 0 Å². The van der Waals surface area contributed by atoms with Crippen LogP contribution in [0.15, 0.2) is 30.9 Å². The molecule has 0 aliphatic carbocycles. The van der Waals surface area contributed by atoms with Crippen molar-refractivity contribution < 1.29 is 9.47 Å². The summed E-state index contributed by atoms with van der Waals surface area (Å²) in [5.74, 6) is 1.86. The van der Waals surface area contributed by atoms with Crippen LogP contribution in [0.1, 0.15) is 0 Å². The smallest absolute Gasteiger partial charge is 0.121 e. The SMILES string of the molecule is C=CC[Si](C)(C)c1c(OC)cccc1OC. The zero-order chi connectivity index (χ0) is 12.2. The minimum atomic E-state index is -1.58. The molecule has 0 unspecified atom stereocenters. The highest BCUT2D eigenvalue weighted by atomic mass is 28.3. The molecule has 0 heterocycles. The molecule has 0 bridgehead atoms. The van der Waals surface area contributed by atoms with Crippen molar-refractivity contribution in [3.8, 4) is 11.5 Å². The molecule has 16 heavy (non-hydrogen) atoms. The van der Waals surface area contributed by atoms with Gasteiger partial charge in [-0.15, -0.1) is 6.58 Å². The predicted molar refractivity (Wildman–Crippen MR) is 71.7 cm³/mol. The first-order valence-corrected chi connectivity index (χ1v) is 8.60. The molecule has 0 spiro atoms. The van der Waals surface area contributed by atoms with Gasteiger partial charge in [-0.3, -0.25) is 0 Å². The van der Waals surface area contributed by atoms with Crippen LogP contribution in [-0.2, 0) is 0 Å². The van der Waals surface area contributed by atoms with E-state index in [0.717, 1.165) is 17.5 Å². The highest BCUT2D eigenvalue weighted by molar-refractivity contribution is 6.91. The zero-order valence-corrected chi connectivity index (χ0v) is 11.5. The van der Waals surface area contributed by atoms with Crippen LogP contribution in [0.4, 0.5) is 0 Å². The summed E-state index contributed by atoms with van der Waals surface area (Å²) in [5.41, 5.74) is 0. The zero-order valence-electron chi connectivity index (χ0n) is 10.5. The van der Waals surface area contributed by atoms with E-state index < -0.39 is 8.07 Å². The summed E-state index contributed by atoms with van der Waals surface area (Å²) in [4.78, 5) is 0. The van der Waals surface area contributed by atoms with Crippen molar-refractivity contribution >= 4 is 13.3 Å². The first-order chi connectivity index (χ1) is 7.56. The molecule has 1 aromatic rings. The lowest BCUT2D eigenvalue weighted by Gasteiger charge is -2.25. The summed E-state index contributed by atoms with van der Waals surface area (Å²) in [6.07, 6.45) is 1.98. The molecule has 88 valence electrons. The Labute approximate surface area is 98.9 Å². The van der Waals surface area contributed by atoms with E-state index in [4.69, 9.17) is 9.47 Å². The summed E-state index contributed by atoms with van der Waals surface area (Å²) in [7, 11) is 1.83. The van der Waals surface area contributed by atoms with E-state index in [9.17, 15) is 0 Å². The lowest BCUT2D eigenvalue weighted by atomic mass is 10.3. The van der Waals surface area contributed by atoms with Crippen LogP contribution in [0.3, 0.4) is 0 Å². The summed E-state index contributed by atoms with van der Waals surface area (Å²) in [6.45, 7) is 8.44. The first kappa shape index (κ1) is 12.8. The molecule has 0 saturated carbocycles. The molecular formula is C13H20O2Si. The molecule has 0 saturated heterocycles. The van der Waals surface area contributed by atoms with Crippen molar-refractivity contribution in [1.29, 1.82) is 0 Å². The maximum atomic E-state index is 5.44. The van der Waals surface area contributed by atoms with E-state index in [1.807, 2.05) is 24.3 Å². The van der Waals surface area contributed by atoms with E-state index >= 15 is 0 Å². The van der Waals surface area contributed by atoms with Gasteiger partial charge in [0.1, 0.15) is 11.5 Å². The Bertz CT molecular complexity index is 350. The molecular weight excluding hydrogens is 216 g/mol. The van der Waals surface area contributed by atoms with Gasteiger partial charge in [0, 0.05) is 5.19 Å². The van der Waals surface area contributed by atoms with Gasteiger partial charge in [-0.25, -0.2) is 0 Å². The fraction of sp³-hybridized carbons (Fsp3) is 0.385. The lowest BCUT2D eigenvalue weighted by Crippen LogP contribution is -2.42. The molecule has 0 radical (unpaired) electrons. The highest BCUT2D eigenvalue weighted by Gasteiger charge is 2.29. The summed E-state index contributed by atoms with van der Waals surface area (Å²) in [5, 5.41) is 1.24. The number of allylic oxidation sites excluding steroid dienone is 1. The van der Waals surface area contributed by atoms with E-state index in [0.29, 0.717) is 0 Å². The molecule has 3 heteroatoms. The Morgan fingerprint density at radius 1 is 1.19 bits per heavy atom. The van der Waals surface area contributed by atoms with E-state index in [-0.39, 0.29) is 0 Å². The van der Waals surface area contributed by atoms with Gasteiger partial charge in [0.05, 0.1) is 22.3 Å². The Morgan fingerprint density at radius 3 is 2.06 bits per heavy atom. The average molecular weight is 236 g/mol. The van der Waals surface area contributed by atoms with Gasteiger partial charge in [0.15, 0.2) is 0 Å². The Kier molecular flexibility index (Phi) is 4.18. The molecule has 0 atom stereocenters. The lowest BCUT2D eigenvalue weighted by molar-refractivity contribution is 0.400. The first-order valence-electron chi connectivity index (χ1n) is 5.39.